The number of hydrogen-bond donors (Lipinski definition) is 1. The van der Waals surface area contributed by atoms with E-state index in [0.717, 1.165) is 60.2 Å². The van der Waals surface area contributed by atoms with Crippen LogP contribution in [0.25, 0.3) is 33.3 Å². The molecule has 2 heterocycles. The average molecular weight is 581 g/mol. The molecule has 0 radical (unpaired) electrons. The summed E-state index contributed by atoms with van der Waals surface area (Å²) in [5.41, 5.74) is 8.76. The molecule has 38 heavy (non-hydrogen) atoms. The predicted octanol–water partition coefficient (Wildman–Crippen LogP) is 9.00. The fourth-order valence-corrected chi connectivity index (χ4v) is 6.08. The van der Waals surface area contributed by atoms with Gasteiger partial charge < -0.3 is 5.32 Å². The number of carbonyl (C=O) groups excluding carboxylic acids is 1. The van der Waals surface area contributed by atoms with Gasteiger partial charge in [0.05, 0.1) is 22.3 Å². The van der Waals surface area contributed by atoms with Gasteiger partial charge in [0.25, 0.3) is 5.91 Å². The molecule has 0 saturated heterocycles. The second kappa shape index (κ2) is 10.5. The summed E-state index contributed by atoms with van der Waals surface area (Å²) in [4.78, 5) is 19.7. The summed E-state index contributed by atoms with van der Waals surface area (Å²) in [5.74, 6) is -0.271. The molecule has 4 nitrogen and oxygen atoms in total. The van der Waals surface area contributed by atoms with Crippen molar-refractivity contribution in [2.75, 3.05) is 5.32 Å². The molecule has 0 atom stereocenters. The Morgan fingerprint density at radius 1 is 1.03 bits per heavy atom. The third-order valence-corrected chi connectivity index (χ3v) is 8.27. The number of anilines is 1. The average Bonchev–Trinajstić information content (AvgIpc) is 3.23. The van der Waals surface area contributed by atoms with Crippen LogP contribution in [0.5, 0.6) is 0 Å². The monoisotopic (exact) mass is 579 g/mol. The maximum absolute atomic E-state index is 13.8. The van der Waals surface area contributed by atoms with Gasteiger partial charge >= 0.3 is 0 Å². The maximum Gasteiger partial charge on any atom is 0.257 e. The molecule has 0 saturated carbocycles. The summed E-state index contributed by atoms with van der Waals surface area (Å²) in [6.45, 7) is 8.20. The van der Waals surface area contributed by atoms with Crippen molar-refractivity contribution in [1.82, 2.24) is 4.98 Å². The van der Waals surface area contributed by atoms with Gasteiger partial charge in [-0.15, -0.1) is 11.3 Å². The number of rotatable bonds is 5. The van der Waals surface area contributed by atoms with Crippen LogP contribution in [0.3, 0.4) is 0 Å². The molecule has 2 aromatic heterocycles. The third kappa shape index (κ3) is 4.88. The Kier molecular flexibility index (Phi) is 7.16. The molecule has 0 aliphatic rings. The van der Waals surface area contributed by atoms with Gasteiger partial charge in [-0.2, -0.15) is 5.26 Å². The quantitative estimate of drug-likeness (QED) is 0.226. The van der Waals surface area contributed by atoms with Gasteiger partial charge in [0.2, 0.25) is 0 Å². The van der Waals surface area contributed by atoms with Crippen molar-refractivity contribution in [3.63, 3.8) is 0 Å². The largest absolute Gasteiger partial charge is 0.312 e. The first-order valence-corrected chi connectivity index (χ1v) is 14.0. The number of nitrogens with one attached hydrogen (secondary N) is 1. The first-order valence-electron chi connectivity index (χ1n) is 12.4. The number of amides is 1. The van der Waals surface area contributed by atoms with Gasteiger partial charge in [0.1, 0.15) is 11.1 Å². The van der Waals surface area contributed by atoms with Gasteiger partial charge in [0, 0.05) is 25.9 Å². The van der Waals surface area contributed by atoms with Crippen molar-refractivity contribution >= 4 is 49.1 Å². The molecule has 0 aliphatic heterocycles. The zero-order valence-corrected chi connectivity index (χ0v) is 24.0. The van der Waals surface area contributed by atoms with E-state index in [9.17, 15) is 10.1 Å². The number of fused-ring (bicyclic) bond motifs is 1. The molecule has 0 aliphatic carbocycles. The van der Waals surface area contributed by atoms with Gasteiger partial charge in [-0.25, -0.2) is 4.98 Å². The van der Waals surface area contributed by atoms with E-state index in [0.29, 0.717) is 16.1 Å². The second-order valence-electron chi connectivity index (χ2n) is 9.39. The summed E-state index contributed by atoms with van der Waals surface area (Å²) in [6.07, 6.45) is 0.954. The molecule has 1 amide bonds. The maximum atomic E-state index is 13.8. The minimum atomic E-state index is -0.271. The van der Waals surface area contributed by atoms with Crippen LogP contribution in [0.15, 0.2) is 71.2 Å². The lowest BCUT2D eigenvalue weighted by atomic mass is 9.99. The van der Waals surface area contributed by atoms with Crippen LogP contribution in [0.2, 0.25) is 0 Å². The highest BCUT2D eigenvalue weighted by atomic mass is 79.9. The number of pyridine rings is 1. The minimum absolute atomic E-state index is 0.271. The number of halogens is 1. The smallest absolute Gasteiger partial charge is 0.257 e. The summed E-state index contributed by atoms with van der Waals surface area (Å²) in [7, 11) is 0. The van der Waals surface area contributed by atoms with Gasteiger partial charge in [0.15, 0.2) is 0 Å². The van der Waals surface area contributed by atoms with Crippen LogP contribution in [-0.2, 0) is 6.42 Å². The fraction of sp³-hybridized carbons (Fsp3) is 0.156. The molecule has 0 fully saturated rings. The summed E-state index contributed by atoms with van der Waals surface area (Å²) < 4.78 is 0.864. The van der Waals surface area contributed by atoms with Crippen molar-refractivity contribution in [1.29, 1.82) is 5.26 Å². The first kappa shape index (κ1) is 25.8. The highest BCUT2D eigenvalue weighted by Crippen LogP contribution is 2.40. The Labute approximate surface area is 235 Å². The van der Waals surface area contributed by atoms with E-state index in [2.05, 4.69) is 64.6 Å². The lowest BCUT2D eigenvalue weighted by Crippen LogP contribution is -2.13. The van der Waals surface area contributed by atoms with Crippen molar-refractivity contribution in [3.8, 4) is 28.5 Å². The van der Waals surface area contributed by atoms with Crippen molar-refractivity contribution in [2.24, 2.45) is 0 Å². The number of nitrogens with zero attached hydrogens (tertiary/aromatic N) is 2. The fourth-order valence-electron chi connectivity index (χ4n) is 4.70. The van der Waals surface area contributed by atoms with E-state index in [1.54, 1.807) is 0 Å². The first-order chi connectivity index (χ1) is 18.3. The van der Waals surface area contributed by atoms with Crippen molar-refractivity contribution in [3.05, 3.63) is 104 Å². The number of carbonyl (C=O) groups is 1. The Bertz CT molecular complexity index is 1750. The van der Waals surface area contributed by atoms with E-state index in [1.807, 2.05) is 57.2 Å². The van der Waals surface area contributed by atoms with E-state index >= 15 is 0 Å². The highest BCUT2D eigenvalue weighted by molar-refractivity contribution is 9.10. The Balaban J connectivity index is 1.60. The topological polar surface area (TPSA) is 65.8 Å². The SMILES string of the molecule is CCc1ccc(-c2c(C)sc(NC(=O)c3cc(-c4cc(C)ccc4C)nc4ccc(Br)cc34)c2C#N)cc1. The Morgan fingerprint density at radius 2 is 1.79 bits per heavy atom. The van der Waals surface area contributed by atoms with Crippen LogP contribution >= 0.6 is 27.3 Å². The number of thiophene rings is 1. The second-order valence-corrected chi connectivity index (χ2v) is 11.5. The summed E-state index contributed by atoms with van der Waals surface area (Å²) >= 11 is 4.97. The summed E-state index contributed by atoms with van der Waals surface area (Å²) in [6, 6.07) is 24.4. The Morgan fingerprint density at radius 3 is 2.50 bits per heavy atom. The standard InChI is InChI=1S/C32H26BrN3OS/c1-5-21-8-10-22(11-9-21)30-20(4)38-32(27(30)17-34)36-31(37)26-16-29(24-14-18(2)6-7-19(24)3)35-28-13-12-23(33)15-25(26)28/h6-16H,5H2,1-4H3,(H,36,37). The lowest BCUT2D eigenvalue weighted by Gasteiger charge is -2.13. The molecule has 0 spiro atoms. The normalized spacial score (nSPS) is 10.9. The highest BCUT2D eigenvalue weighted by Gasteiger charge is 2.22. The molecule has 188 valence electrons. The number of nitriles is 1. The van der Waals surface area contributed by atoms with Gasteiger partial charge in [-0.05, 0) is 74.2 Å². The molecular formula is C32H26BrN3OS. The van der Waals surface area contributed by atoms with E-state index in [4.69, 9.17) is 4.98 Å². The molecular weight excluding hydrogens is 554 g/mol. The van der Waals surface area contributed by atoms with Crippen LogP contribution in [0.1, 0.15) is 44.4 Å². The van der Waals surface area contributed by atoms with Crippen LogP contribution in [-0.4, -0.2) is 10.9 Å². The van der Waals surface area contributed by atoms with Crippen LogP contribution in [0, 0.1) is 32.1 Å². The van der Waals surface area contributed by atoms with Crippen molar-refractivity contribution in [2.45, 2.75) is 34.1 Å². The summed E-state index contributed by atoms with van der Waals surface area (Å²) in [5, 5.41) is 14.5. The molecule has 6 heteroatoms. The zero-order chi connectivity index (χ0) is 27.0. The molecule has 1 N–H and O–H groups in total. The molecule has 5 aromatic rings. The number of aryl methyl sites for hydroxylation is 4. The third-order valence-electron chi connectivity index (χ3n) is 6.76. The van der Waals surface area contributed by atoms with Gasteiger partial charge in [-0.1, -0.05) is 64.8 Å². The molecule has 5 rings (SSSR count). The Hall–Kier alpha value is -3.79. The lowest BCUT2D eigenvalue weighted by molar-refractivity contribution is 0.102. The molecule has 3 aromatic carbocycles. The van der Waals surface area contributed by atoms with E-state index < -0.39 is 0 Å². The minimum Gasteiger partial charge on any atom is -0.312 e. The van der Waals surface area contributed by atoms with Crippen LogP contribution < -0.4 is 5.32 Å². The number of hydrogen-bond acceptors (Lipinski definition) is 4. The van der Waals surface area contributed by atoms with Gasteiger partial charge in [-0.3, -0.25) is 4.79 Å². The van der Waals surface area contributed by atoms with Crippen molar-refractivity contribution < 1.29 is 4.79 Å². The number of aromatic nitrogens is 1. The van der Waals surface area contributed by atoms with E-state index in [-0.39, 0.29) is 5.91 Å². The molecule has 0 unspecified atom stereocenters. The van der Waals surface area contributed by atoms with Crippen LogP contribution in [0.4, 0.5) is 5.00 Å². The number of benzene rings is 3. The van der Waals surface area contributed by atoms with E-state index in [1.165, 1.54) is 16.9 Å². The molecule has 0 bridgehead atoms. The predicted molar refractivity (Wildman–Crippen MR) is 161 cm³/mol. The zero-order valence-electron chi connectivity index (χ0n) is 21.6.